The maximum Gasteiger partial charge on any atom is 0.387 e. The van der Waals surface area contributed by atoms with E-state index in [1.807, 2.05) is 0 Å². The highest BCUT2D eigenvalue weighted by atomic mass is 19.3. The first kappa shape index (κ1) is 22.5. The molecule has 7 nitrogen and oxygen atoms in total. The Bertz CT molecular complexity index is 917. The molecular formula is C22H24F2N2O5. The van der Waals surface area contributed by atoms with Gasteiger partial charge < -0.3 is 24.8 Å². The molecule has 0 radical (unpaired) electrons. The predicted molar refractivity (Wildman–Crippen MR) is 110 cm³/mol. The van der Waals surface area contributed by atoms with Gasteiger partial charge in [-0.25, -0.2) is 0 Å². The standard InChI is InChI=1S/C22H24F2N2O5/c1-29-19-12-14(7-8-17(19)31-22(23)24)9-10-25-20(27)15-4-2-5-16(13-15)26-21(28)18-6-3-11-30-18/h2,4-5,7-8,12-13,18,22H,3,6,9-11H2,1H3,(H,25,27)(H,26,28). The Morgan fingerprint density at radius 1 is 1.19 bits per heavy atom. The first-order valence-electron chi connectivity index (χ1n) is 9.88. The lowest BCUT2D eigenvalue weighted by Crippen LogP contribution is -2.28. The number of hydrogen-bond donors (Lipinski definition) is 2. The van der Waals surface area contributed by atoms with E-state index in [1.54, 1.807) is 36.4 Å². The maximum absolute atomic E-state index is 12.5. The molecule has 0 aliphatic carbocycles. The fourth-order valence-corrected chi connectivity index (χ4v) is 3.23. The predicted octanol–water partition coefficient (Wildman–Crippen LogP) is 3.39. The number of methoxy groups -OCH3 is 1. The Labute approximate surface area is 178 Å². The number of amides is 2. The van der Waals surface area contributed by atoms with E-state index in [-0.39, 0.29) is 23.3 Å². The number of alkyl halides is 2. The van der Waals surface area contributed by atoms with Crippen molar-refractivity contribution in [2.24, 2.45) is 0 Å². The third-order valence-electron chi connectivity index (χ3n) is 4.76. The highest BCUT2D eigenvalue weighted by Gasteiger charge is 2.23. The van der Waals surface area contributed by atoms with Gasteiger partial charge in [0.05, 0.1) is 7.11 Å². The molecule has 3 rings (SSSR count). The summed E-state index contributed by atoms with van der Waals surface area (Å²) in [7, 11) is 1.36. The number of rotatable bonds is 9. The van der Waals surface area contributed by atoms with E-state index in [0.717, 1.165) is 12.0 Å². The molecule has 1 aliphatic rings. The van der Waals surface area contributed by atoms with Gasteiger partial charge in [0.2, 0.25) is 0 Å². The van der Waals surface area contributed by atoms with E-state index in [9.17, 15) is 18.4 Å². The van der Waals surface area contributed by atoms with E-state index in [2.05, 4.69) is 15.4 Å². The van der Waals surface area contributed by atoms with Crippen LogP contribution in [0.25, 0.3) is 0 Å². The van der Waals surface area contributed by atoms with Crippen LogP contribution < -0.4 is 20.1 Å². The summed E-state index contributed by atoms with van der Waals surface area (Å²) < 4.78 is 39.7. The number of carbonyl (C=O) groups is 2. The molecule has 166 valence electrons. The van der Waals surface area contributed by atoms with Crippen LogP contribution in [-0.2, 0) is 16.0 Å². The largest absolute Gasteiger partial charge is 0.493 e. The van der Waals surface area contributed by atoms with Crippen molar-refractivity contribution in [3.8, 4) is 11.5 Å². The van der Waals surface area contributed by atoms with Gasteiger partial charge in [0.15, 0.2) is 11.5 Å². The van der Waals surface area contributed by atoms with Crippen molar-refractivity contribution >= 4 is 17.5 Å². The van der Waals surface area contributed by atoms with Crippen LogP contribution in [0, 0.1) is 0 Å². The number of ether oxygens (including phenoxy) is 3. The van der Waals surface area contributed by atoms with Gasteiger partial charge in [-0.1, -0.05) is 12.1 Å². The van der Waals surface area contributed by atoms with Crippen molar-refractivity contribution < 1.29 is 32.6 Å². The molecule has 1 fully saturated rings. The van der Waals surface area contributed by atoms with Crippen LogP contribution in [0.5, 0.6) is 11.5 Å². The minimum absolute atomic E-state index is 0.0489. The number of hydrogen-bond acceptors (Lipinski definition) is 5. The fourth-order valence-electron chi connectivity index (χ4n) is 3.23. The molecule has 1 saturated heterocycles. The average Bonchev–Trinajstić information content (AvgIpc) is 3.29. The van der Waals surface area contributed by atoms with Crippen LogP contribution in [0.3, 0.4) is 0 Å². The smallest absolute Gasteiger partial charge is 0.387 e. The van der Waals surface area contributed by atoms with Crippen LogP contribution in [0.2, 0.25) is 0 Å². The van der Waals surface area contributed by atoms with E-state index < -0.39 is 12.7 Å². The topological polar surface area (TPSA) is 85.9 Å². The summed E-state index contributed by atoms with van der Waals surface area (Å²) in [5.41, 5.74) is 1.72. The third-order valence-corrected chi connectivity index (χ3v) is 4.76. The van der Waals surface area contributed by atoms with E-state index in [0.29, 0.717) is 37.2 Å². The van der Waals surface area contributed by atoms with Gasteiger partial charge in [-0.2, -0.15) is 8.78 Å². The van der Waals surface area contributed by atoms with E-state index >= 15 is 0 Å². The zero-order chi connectivity index (χ0) is 22.2. The second-order valence-electron chi connectivity index (χ2n) is 6.94. The molecule has 1 atom stereocenters. The molecule has 1 heterocycles. The van der Waals surface area contributed by atoms with Gasteiger partial charge >= 0.3 is 6.61 Å². The van der Waals surface area contributed by atoms with Gasteiger partial charge in [0, 0.05) is 24.4 Å². The number of halogens is 2. The van der Waals surface area contributed by atoms with Crippen molar-refractivity contribution in [2.45, 2.75) is 32.0 Å². The molecule has 2 aromatic rings. The van der Waals surface area contributed by atoms with Crippen LogP contribution in [0.1, 0.15) is 28.8 Å². The maximum atomic E-state index is 12.5. The van der Waals surface area contributed by atoms with Crippen molar-refractivity contribution in [2.75, 3.05) is 25.6 Å². The Morgan fingerprint density at radius 2 is 2.03 bits per heavy atom. The molecule has 2 aromatic carbocycles. The zero-order valence-corrected chi connectivity index (χ0v) is 17.0. The first-order chi connectivity index (χ1) is 15.0. The quantitative estimate of drug-likeness (QED) is 0.632. The molecule has 0 bridgehead atoms. The Balaban J connectivity index is 1.53. The van der Waals surface area contributed by atoms with Crippen LogP contribution in [0.4, 0.5) is 14.5 Å². The molecule has 2 N–H and O–H groups in total. The van der Waals surface area contributed by atoms with Crippen LogP contribution in [-0.4, -0.2) is 44.8 Å². The average molecular weight is 434 g/mol. The van der Waals surface area contributed by atoms with Gasteiger partial charge in [-0.05, 0) is 55.2 Å². The third kappa shape index (κ3) is 6.39. The van der Waals surface area contributed by atoms with Gasteiger partial charge in [-0.15, -0.1) is 0 Å². The van der Waals surface area contributed by atoms with Crippen LogP contribution >= 0.6 is 0 Å². The molecule has 9 heteroatoms. The minimum Gasteiger partial charge on any atom is -0.493 e. The minimum atomic E-state index is -2.94. The summed E-state index contributed by atoms with van der Waals surface area (Å²) in [6, 6.07) is 11.3. The molecule has 31 heavy (non-hydrogen) atoms. The lowest BCUT2D eigenvalue weighted by molar-refractivity contribution is -0.124. The highest BCUT2D eigenvalue weighted by Crippen LogP contribution is 2.29. The summed E-state index contributed by atoms with van der Waals surface area (Å²) >= 11 is 0. The Hall–Kier alpha value is -3.20. The number of benzene rings is 2. The summed E-state index contributed by atoms with van der Waals surface area (Å²) in [5, 5.41) is 5.57. The molecular weight excluding hydrogens is 410 g/mol. The summed E-state index contributed by atoms with van der Waals surface area (Å²) in [6.07, 6.45) is 1.55. The SMILES string of the molecule is COc1cc(CCNC(=O)c2cccc(NC(=O)C3CCCO3)c2)ccc1OC(F)F. The normalized spacial score (nSPS) is 15.5. The molecule has 1 aliphatic heterocycles. The van der Waals surface area contributed by atoms with Gasteiger partial charge in [-0.3, -0.25) is 9.59 Å². The number of carbonyl (C=O) groups excluding carboxylic acids is 2. The summed E-state index contributed by atoms with van der Waals surface area (Å²) in [4.78, 5) is 24.6. The Morgan fingerprint density at radius 3 is 2.74 bits per heavy atom. The van der Waals surface area contributed by atoms with E-state index in [1.165, 1.54) is 13.2 Å². The molecule has 1 unspecified atom stereocenters. The van der Waals surface area contributed by atoms with E-state index in [4.69, 9.17) is 9.47 Å². The van der Waals surface area contributed by atoms with Crippen molar-refractivity contribution in [1.29, 1.82) is 0 Å². The second kappa shape index (κ2) is 10.7. The lowest BCUT2D eigenvalue weighted by Gasteiger charge is -2.12. The zero-order valence-electron chi connectivity index (χ0n) is 17.0. The lowest BCUT2D eigenvalue weighted by atomic mass is 10.1. The van der Waals surface area contributed by atoms with Crippen molar-refractivity contribution in [3.05, 3.63) is 53.6 Å². The molecule has 0 spiro atoms. The summed E-state index contributed by atoms with van der Waals surface area (Å²) in [6.45, 7) is -2.04. The van der Waals surface area contributed by atoms with Gasteiger partial charge in [0.1, 0.15) is 6.10 Å². The number of nitrogens with one attached hydrogen (secondary N) is 2. The second-order valence-corrected chi connectivity index (χ2v) is 6.94. The van der Waals surface area contributed by atoms with Crippen LogP contribution in [0.15, 0.2) is 42.5 Å². The first-order valence-corrected chi connectivity index (χ1v) is 9.88. The monoisotopic (exact) mass is 434 g/mol. The summed E-state index contributed by atoms with van der Waals surface area (Å²) in [5.74, 6) is -0.368. The fraction of sp³-hybridized carbons (Fsp3) is 0.364. The Kier molecular flexibility index (Phi) is 7.77. The van der Waals surface area contributed by atoms with Gasteiger partial charge in [0.25, 0.3) is 11.8 Å². The molecule has 2 amide bonds. The molecule has 0 aromatic heterocycles. The van der Waals surface area contributed by atoms with Crippen molar-refractivity contribution in [1.82, 2.24) is 5.32 Å². The van der Waals surface area contributed by atoms with Crippen molar-refractivity contribution in [3.63, 3.8) is 0 Å². The number of anilines is 1. The molecule has 0 saturated carbocycles. The highest BCUT2D eigenvalue weighted by molar-refractivity contribution is 5.98.